The van der Waals surface area contributed by atoms with E-state index in [1.54, 1.807) is 24.4 Å². The van der Waals surface area contributed by atoms with E-state index in [1.165, 1.54) is 0 Å². The van der Waals surface area contributed by atoms with E-state index in [4.69, 9.17) is 9.47 Å². The molecule has 3 aliphatic rings. The van der Waals surface area contributed by atoms with Crippen LogP contribution in [0.3, 0.4) is 0 Å². The second kappa shape index (κ2) is 7.72. The van der Waals surface area contributed by atoms with Crippen LogP contribution in [0.15, 0.2) is 54.7 Å². The van der Waals surface area contributed by atoms with Crippen molar-refractivity contribution in [2.24, 2.45) is 0 Å². The van der Waals surface area contributed by atoms with Crippen LogP contribution in [0.5, 0.6) is 17.2 Å². The lowest BCUT2D eigenvalue weighted by molar-refractivity contribution is -0.137. The molecule has 3 heterocycles. The monoisotopic (exact) mass is 481 g/mol. The van der Waals surface area contributed by atoms with Crippen molar-refractivity contribution in [3.8, 4) is 17.2 Å². The molecule has 1 aromatic heterocycles. The molecule has 3 aromatic rings. The molecule has 6 rings (SSSR count). The lowest BCUT2D eigenvalue weighted by Crippen LogP contribution is -2.30. The van der Waals surface area contributed by atoms with Crippen LogP contribution in [-0.4, -0.2) is 28.9 Å². The van der Waals surface area contributed by atoms with E-state index in [-0.39, 0.29) is 29.5 Å². The quantitative estimate of drug-likeness (QED) is 0.576. The molecule has 2 N–H and O–H groups in total. The first-order chi connectivity index (χ1) is 16.8. The SMILES string of the molecule is O=C1CCc2c(Oc3ccc4c(c3)[C@H]3[C@@H](NC(=O)c5ccc(C(F)(F)F)cc5)[C@H]3O4)ccnc2N1. The molecule has 0 bridgehead atoms. The van der Waals surface area contributed by atoms with Crippen molar-refractivity contribution in [2.45, 2.75) is 37.1 Å². The van der Waals surface area contributed by atoms with Crippen molar-refractivity contribution in [3.05, 3.63) is 77.0 Å². The van der Waals surface area contributed by atoms with Crippen molar-refractivity contribution >= 4 is 17.6 Å². The van der Waals surface area contributed by atoms with Gasteiger partial charge in [0.2, 0.25) is 5.91 Å². The van der Waals surface area contributed by atoms with E-state index >= 15 is 0 Å². The summed E-state index contributed by atoms with van der Waals surface area (Å²) < 4.78 is 50.3. The third-order valence-corrected chi connectivity index (χ3v) is 6.43. The number of rotatable bonds is 4. The number of carbonyl (C=O) groups excluding carboxylic acids is 2. The van der Waals surface area contributed by atoms with Gasteiger partial charge in [0.15, 0.2) is 0 Å². The summed E-state index contributed by atoms with van der Waals surface area (Å²) in [5, 5.41) is 5.59. The summed E-state index contributed by atoms with van der Waals surface area (Å²) in [6.07, 6.45) is -2.23. The summed E-state index contributed by atoms with van der Waals surface area (Å²) in [6, 6.07) is 11.0. The number of pyridine rings is 1. The van der Waals surface area contributed by atoms with Crippen LogP contribution < -0.4 is 20.1 Å². The highest BCUT2D eigenvalue weighted by Crippen LogP contribution is 2.54. The third-order valence-electron chi connectivity index (χ3n) is 6.43. The summed E-state index contributed by atoms with van der Waals surface area (Å²) in [5.41, 5.74) is 1.06. The standard InChI is InChI=1S/C25H18F3N3O4/c26-25(27,28)13-3-1-12(2-4-13)24(33)31-21-20-16-11-14(5-7-17(16)35-22(20)21)34-18-9-10-29-23-15(18)6-8-19(32)30-23/h1-5,7,9-11,20-22H,6,8H2,(H,31,33)(H,29,30,32)/t20-,21+,22-/m0/s1. The number of aromatic nitrogens is 1. The van der Waals surface area contributed by atoms with Gasteiger partial charge < -0.3 is 20.1 Å². The fourth-order valence-corrected chi connectivity index (χ4v) is 4.60. The van der Waals surface area contributed by atoms with Crippen LogP contribution in [0.1, 0.15) is 39.4 Å². The molecule has 0 unspecified atom stereocenters. The Morgan fingerprint density at radius 2 is 1.91 bits per heavy atom. The molecule has 10 heteroatoms. The van der Waals surface area contributed by atoms with Gasteiger partial charge in [-0.15, -0.1) is 0 Å². The van der Waals surface area contributed by atoms with E-state index < -0.39 is 17.6 Å². The zero-order valence-electron chi connectivity index (χ0n) is 18.1. The van der Waals surface area contributed by atoms with Gasteiger partial charge in [0.05, 0.1) is 17.5 Å². The van der Waals surface area contributed by atoms with Crippen molar-refractivity contribution in [1.82, 2.24) is 10.3 Å². The van der Waals surface area contributed by atoms with Gasteiger partial charge in [0, 0.05) is 29.3 Å². The molecule has 0 spiro atoms. The minimum absolute atomic E-state index is 0.0717. The maximum Gasteiger partial charge on any atom is 0.416 e. The number of anilines is 1. The molecule has 2 aromatic carbocycles. The van der Waals surface area contributed by atoms with Gasteiger partial charge >= 0.3 is 6.18 Å². The van der Waals surface area contributed by atoms with Crippen LogP contribution in [0.2, 0.25) is 0 Å². The van der Waals surface area contributed by atoms with E-state index in [2.05, 4.69) is 15.6 Å². The second-order valence-electron chi connectivity index (χ2n) is 8.67. The van der Waals surface area contributed by atoms with Gasteiger partial charge in [-0.1, -0.05) is 0 Å². The largest absolute Gasteiger partial charge is 0.487 e. The first-order valence-electron chi connectivity index (χ1n) is 11.0. The van der Waals surface area contributed by atoms with Gasteiger partial charge in [-0.05, 0) is 55.0 Å². The fourth-order valence-electron chi connectivity index (χ4n) is 4.60. The van der Waals surface area contributed by atoms with Gasteiger partial charge in [-0.25, -0.2) is 4.98 Å². The van der Waals surface area contributed by atoms with Crippen LogP contribution >= 0.6 is 0 Å². The normalized spacial score (nSPS) is 21.7. The number of halogens is 3. The highest BCUT2D eigenvalue weighted by molar-refractivity contribution is 5.95. The van der Waals surface area contributed by atoms with Crippen molar-refractivity contribution < 1.29 is 32.2 Å². The Bertz CT molecular complexity index is 1360. The number of ether oxygens (including phenoxy) is 2. The summed E-state index contributed by atoms with van der Waals surface area (Å²) in [6.45, 7) is 0. The lowest BCUT2D eigenvalue weighted by Gasteiger charge is -2.19. The third kappa shape index (κ3) is 3.84. The molecule has 1 saturated carbocycles. The molecule has 2 aliphatic heterocycles. The highest BCUT2D eigenvalue weighted by atomic mass is 19.4. The number of fused-ring (bicyclic) bond motifs is 4. The van der Waals surface area contributed by atoms with Gasteiger partial charge in [-0.2, -0.15) is 13.2 Å². The number of nitrogens with one attached hydrogen (secondary N) is 2. The maximum atomic E-state index is 12.8. The van der Waals surface area contributed by atoms with E-state index in [1.807, 2.05) is 6.07 Å². The molecule has 1 aliphatic carbocycles. The van der Waals surface area contributed by atoms with Crippen molar-refractivity contribution in [3.63, 3.8) is 0 Å². The zero-order valence-corrected chi connectivity index (χ0v) is 18.1. The molecule has 7 nitrogen and oxygen atoms in total. The Labute approximate surface area is 197 Å². The first-order valence-corrected chi connectivity index (χ1v) is 11.0. The smallest absolute Gasteiger partial charge is 0.416 e. The Balaban J connectivity index is 1.16. The lowest BCUT2D eigenvalue weighted by atomic mass is 10.1. The highest BCUT2D eigenvalue weighted by Gasteiger charge is 2.59. The summed E-state index contributed by atoms with van der Waals surface area (Å²) in [7, 11) is 0. The van der Waals surface area contributed by atoms with Gasteiger partial charge in [-0.3, -0.25) is 9.59 Å². The van der Waals surface area contributed by atoms with Crippen LogP contribution in [0.4, 0.5) is 19.0 Å². The average molecular weight is 481 g/mol. The number of hydrogen-bond donors (Lipinski definition) is 2. The maximum absolute atomic E-state index is 12.8. The van der Waals surface area contributed by atoms with Gasteiger partial charge in [0.25, 0.3) is 5.91 Å². The summed E-state index contributed by atoms with van der Waals surface area (Å²) in [4.78, 5) is 28.4. The number of benzene rings is 2. The number of amides is 2. The van der Waals surface area contributed by atoms with Gasteiger partial charge in [0.1, 0.15) is 29.2 Å². The molecular weight excluding hydrogens is 463 g/mol. The predicted molar refractivity (Wildman–Crippen MR) is 118 cm³/mol. The molecule has 2 amide bonds. The first kappa shape index (κ1) is 21.5. The Morgan fingerprint density at radius 1 is 1.11 bits per heavy atom. The second-order valence-corrected chi connectivity index (χ2v) is 8.67. The van der Waals surface area contributed by atoms with Crippen LogP contribution in [0.25, 0.3) is 0 Å². The van der Waals surface area contributed by atoms with Crippen molar-refractivity contribution in [2.75, 3.05) is 5.32 Å². The van der Waals surface area contributed by atoms with Crippen LogP contribution in [0, 0.1) is 0 Å². The number of nitrogens with zero attached hydrogens (tertiary/aromatic N) is 1. The van der Waals surface area contributed by atoms with Crippen molar-refractivity contribution in [1.29, 1.82) is 0 Å². The number of carbonyl (C=O) groups is 2. The topological polar surface area (TPSA) is 89.5 Å². The Kier molecular flexibility index (Phi) is 4.73. The number of hydrogen-bond acceptors (Lipinski definition) is 5. The molecule has 3 atom stereocenters. The minimum atomic E-state index is -4.46. The molecule has 35 heavy (non-hydrogen) atoms. The van der Waals surface area contributed by atoms with E-state index in [0.717, 1.165) is 35.4 Å². The summed E-state index contributed by atoms with van der Waals surface area (Å²) in [5.74, 6) is 1.78. The molecule has 0 saturated heterocycles. The van der Waals surface area contributed by atoms with Crippen LogP contribution in [-0.2, 0) is 17.4 Å². The zero-order chi connectivity index (χ0) is 24.3. The Morgan fingerprint density at radius 3 is 2.69 bits per heavy atom. The Hall–Kier alpha value is -4.08. The molecule has 0 radical (unpaired) electrons. The van der Waals surface area contributed by atoms with E-state index in [9.17, 15) is 22.8 Å². The molecular formula is C25H18F3N3O4. The average Bonchev–Trinajstić information content (AvgIpc) is 3.35. The minimum Gasteiger partial charge on any atom is -0.487 e. The fraction of sp³-hybridized carbons (Fsp3) is 0.240. The predicted octanol–water partition coefficient (Wildman–Crippen LogP) is 4.43. The molecule has 1 fully saturated rings. The summed E-state index contributed by atoms with van der Waals surface area (Å²) >= 11 is 0. The van der Waals surface area contributed by atoms with E-state index in [0.29, 0.717) is 35.9 Å². The molecule has 178 valence electrons. The number of alkyl halides is 3.